The van der Waals surface area contributed by atoms with Gasteiger partial charge < -0.3 is 21.3 Å². The van der Waals surface area contributed by atoms with Crippen molar-refractivity contribution >= 4 is 0 Å². The van der Waals surface area contributed by atoms with Crippen LogP contribution in [0.25, 0.3) is 0 Å². The van der Waals surface area contributed by atoms with E-state index in [1.807, 2.05) is 0 Å². The average Bonchev–Trinajstić information content (AvgIpc) is 3.17. The lowest BCUT2D eigenvalue weighted by molar-refractivity contribution is 0.268. The van der Waals surface area contributed by atoms with Crippen LogP contribution in [0, 0.1) is 0 Å². The van der Waals surface area contributed by atoms with Crippen molar-refractivity contribution in [1.29, 1.82) is 0 Å². The van der Waals surface area contributed by atoms with Gasteiger partial charge in [-0.05, 0) is 83.6 Å². The highest BCUT2D eigenvalue weighted by Gasteiger charge is 2.12. The van der Waals surface area contributed by atoms with Crippen molar-refractivity contribution in [3.63, 3.8) is 0 Å². The molecule has 1 aliphatic rings. The molecule has 0 aromatic carbocycles. The summed E-state index contributed by atoms with van der Waals surface area (Å²) in [4.78, 5) is 2.51. The van der Waals surface area contributed by atoms with Crippen molar-refractivity contribution in [2.75, 3.05) is 45.8 Å². The first-order valence-electron chi connectivity index (χ1n) is 24.0. The lowest BCUT2D eigenvalue weighted by atomic mass is 10.0. The zero-order valence-electron chi connectivity index (χ0n) is 37.1. The summed E-state index contributed by atoms with van der Waals surface area (Å²) in [7, 11) is 0. The summed E-state index contributed by atoms with van der Waals surface area (Å²) in [6.07, 6.45) is 42.0. The number of hydrogen-bond acceptors (Lipinski definition) is 5. The Kier molecular flexibility index (Phi) is 35.8. The van der Waals surface area contributed by atoms with Crippen LogP contribution in [0.15, 0.2) is 61.3 Å². The predicted molar refractivity (Wildman–Crippen MR) is 248 cm³/mol. The summed E-state index contributed by atoms with van der Waals surface area (Å²) in [5.74, 6) is 0. The Morgan fingerprint density at radius 3 is 1.16 bits per heavy atom. The third-order valence-electron chi connectivity index (χ3n) is 11.4. The predicted octanol–water partition coefficient (Wildman–Crippen LogP) is 13.8. The van der Waals surface area contributed by atoms with Gasteiger partial charge in [0.2, 0.25) is 0 Å². The minimum absolute atomic E-state index is 1.00. The maximum absolute atomic E-state index is 4.26. The zero-order valence-corrected chi connectivity index (χ0v) is 37.1. The molecule has 1 saturated heterocycles. The quantitative estimate of drug-likeness (QED) is 0.0368. The molecular formula is C50H95N5. The van der Waals surface area contributed by atoms with Gasteiger partial charge in [0, 0.05) is 62.1 Å². The van der Waals surface area contributed by atoms with Gasteiger partial charge in [-0.15, -0.1) is 0 Å². The molecule has 1 fully saturated rings. The maximum atomic E-state index is 4.26. The molecule has 0 spiro atoms. The standard InChI is InChI=1S/C50H95N5/c1-7-8-9-10-11-12-13-14-15-16-17-18-19-22-27-36-48(4)53-41-32-38-50(6)52-40-31-26-20-23-28-35-47(3)51-39-30-25-21-24-29-37-49(5)54-42-44-55-43-33-34-46(2)45-55/h51-54H,2-45H2,1H3. The van der Waals surface area contributed by atoms with Crippen LogP contribution in [0.4, 0.5) is 0 Å². The Bertz CT molecular complexity index is 954. The minimum atomic E-state index is 1.00. The molecule has 0 amide bonds. The summed E-state index contributed by atoms with van der Waals surface area (Å²) in [6.45, 7) is 31.0. The fourth-order valence-corrected chi connectivity index (χ4v) is 7.76. The van der Waals surface area contributed by atoms with Gasteiger partial charge in [0.05, 0.1) is 0 Å². The molecule has 0 saturated carbocycles. The van der Waals surface area contributed by atoms with Crippen molar-refractivity contribution in [1.82, 2.24) is 26.2 Å². The highest BCUT2D eigenvalue weighted by Crippen LogP contribution is 2.16. The molecule has 1 heterocycles. The molecule has 0 radical (unpaired) electrons. The number of nitrogens with one attached hydrogen (secondary N) is 4. The second-order valence-electron chi connectivity index (χ2n) is 17.1. The van der Waals surface area contributed by atoms with E-state index in [1.165, 1.54) is 208 Å². The first kappa shape index (κ1) is 50.9. The molecule has 1 rings (SSSR count). The minimum Gasteiger partial charge on any atom is -0.389 e. The largest absolute Gasteiger partial charge is 0.389 e. The van der Waals surface area contributed by atoms with Crippen LogP contribution >= 0.6 is 0 Å². The van der Waals surface area contributed by atoms with Gasteiger partial charge in [-0.25, -0.2) is 0 Å². The van der Waals surface area contributed by atoms with E-state index in [0.717, 1.165) is 71.4 Å². The number of piperidine rings is 1. The summed E-state index contributed by atoms with van der Waals surface area (Å²) in [6, 6.07) is 0. The van der Waals surface area contributed by atoms with Gasteiger partial charge >= 0.3 is 0 Å². The average molecular weight is 766 g/mol. The van der Waals surface area contributed by atoms with E-state index in [-0.39, 0.29) is 0 Å². The van der Waals surface area contributed by atoms with Crippen molar-refractivity contribution in [2.45, 2.75) is 212 Å². The Morgan fingerprint density at radius 1 is 0.436 bits per heavy atom. The summed E-state index contributed by atoms with van der Waals surface area (Å²) in [5, 5.41) is 14.2. The van der Waals surface area contributed by atoms with Gasteiger partial charge in [-0.2, -0.15) is 0 Å². The van der Waals surface area contributed by atoms with Gasteiger partial charge in [0.25, 0.3) is 0 Å². The van der Waals surface area contributed by atoms with E-state index in [9.17, 15) is 0 Å². The molecule has 0 unspecified atom stereocenters. The van der Waals surface area contributed by atoms with Crippen molar-refractivity contribution in [2.24, 2.45) is 0 Å². The van der Waals surface area contributed by atoms with Crippen LogP contribution in [-0.4, -0.2) is 50.7 Å². The molecule has 0 atom stereocenters. The van der Waals surface area contributed by atoms with Crippen LogP contribution in [0.1, 0.15) is 212 Å². The van der Waals surface area contributed by atoms with Crippen LogP contribution in [0.3, 0.4) is 0 Å². The number of nitrogens with zero attached hydrogens (tertiary/aromatic N) is 1. The monoisotopic (exact) mass is 766 g/mol. The van der Waals surface area contributed by atoms with E-state index < -0.39 is 0 Å². The van der Waals surface area contributed by atoms with Crippen LogP contribution in [-0.2, 0) is 0 Å². The SMILES string of the molecule is C=C1CCCN(CCNC(=C)CCCCCCCNC(=C)CCCCCCCNC(=C)CCCNC(=C)CCCCCCCCCCCCCCCCC)C1. The molecule has 0 aromatic heterocycles. The first-order chi connectivity index (χ1) is 26.9. The molecule has 4 N–H and O–H groups in total. The smallest absolute Gasteiger partial charge is 0.0271 e. The Balaban J connectivity index is 1.76. The topological polar surface area (TPSA) is 51.4 Å². The number of rotatable bonds is 43. The van der Waals surface area contributed by atoms with Gasteiger partial charge in [0.1, 0.15) is 0 Å². The maximum Gasteiger partial charge on any atom is 0.0271 e. The number of allylic oxidation sites excluding steroid dienone is 4. The molecule has 0 aromatic rings. The second kappa shape index (κ2) is 38.7. The molecular weight excluding hydrogens is 671 g/mol. The van der Waals surface area contributed by atoms with Crippen LogP contribution in [0.5, 0.6) is 0 Å². The van der Waals surface area contributed by atoms with Crippen molar-refractivity contribution in [3.05, 3.63) is 61.3 Å². The molecule has 5 heteroatoms. The van der Waals surface area contributed by atoms with Gasteiger partial charge in [0.15, 0.2) is 0 Å². The van der Waals surface area contributed by atoms with E-state index in [1.54, 1.807) is 0 Å². The Labute approximate surface area is 344 Å². The van der Waals surface area contributed by atoms with Crippen molar-refractivity contribution < 1.29 is 0 Å². The van der Waals surface area contributed by atoms with Gasteiger partial charge in [-0.1, -0.05) is 174 Å². The molecule has 0 bridgehead atoms. The van der Waals surface area contributed by atoms with Crippen LogP contribution in [0.2, 0.25) is 0 Å². The van der Waals surface area contributed by atoms with Crippen molar-refractivity contribution in [3.8, 4) is 0 Å². The number of unbranched alkanes of at least 4 members (excludes halogenated alkanes) is 22. The van der Waals surface area contributed by atoms with E-state index in [2.05, 4.69) is 66.0 Å². The molecule has 0 aliphatic carbocycles. The van der Waals surface area contributed by atoms with E-state index >= 15 is 0 Å². The van der Waals surface area contributed by atoms with Crippen LogP contribution < -0.4 is 21.3 Å². The number of likely N-dealkylation sites (tertiary alicyclic amines) is 1. The highest BCUT2D eigenvalue weighted by atomic mass is 15.1. The Hall–Kier alpha value is -2.14. The number of hydrogen-bond donors (Lipinski definition) is 4. The lowest BCUT2D eigenvalue weighted by Crippen LogP contribution is -2.36. The fourth-order valence-electron chi connectivity index (χ4n) is 7.76. The highest BCUT2D eigenvalue weighted by molar-refractivity contribution is 5.01. The molecule has 5 nitrogen and oxygen atoms in total. The molecule has 1 aliphatic heterocycles. The summed E-state index contributed by atoms with van der Waals surface area (Å²) < 4.78 is 0. The second-order valence-corrected chi connectivity index (χ2v) is 17.1. The third-order valence-corrected chi connectivity index (χ3v) is 11.4. The fraction of sp³-hybridized carbons (Fsp3) is 0.800. The van der Waals surface area contributed by atoms with Gasteiger partial charge in [-0.3, -0.25) is 4.90 Å². The zero-order chi connectivity index (χ0) is 39.9. The molecule has 55 heavy (non-hydrogen) atoms. The van der Waals surface area contributed by atoms with E-state index in [0.29, 0.717) is 0 Å². The van der Waals surface area contributed by atoms with E-state index in [4.69, 9.17) is 0 Å². The summed E-state index contributed by atoms with van der Waals surface area (Å²) in [5.41, 5.74) is 6.20. The lowest BCUT2D eigenvalue weighted by Gasteiger charge is -2.28. The normalized spacial score (nSPS) is 13.1. The first-order valence-corrected chi connectivity index (χ1v) is 24.0. The third kappa shape index (κ3) is 36.0. The molecule has 320 valence electrons. The Morgan fingerprint density at radius 2 is 0.764 bits per heavy atom. The summed E-state index contributed by atoms with van der Waals surface area (Å²) >= 11 is 0.